The summed E-state index contributed by atoms with van der Waals surface area (Å²) < 4.78 is 0. The van der Waals surface area contributed by atoms with Crippen LogP contribution in [0.4, 0.5) is 0 Å². The minimum atomic E-state index is 0.339. The Morgan fingerprint density at radius 1 is 1.18 bits per heavy atom. The predicted octanol–water partition coefficient (Wildman–Crippen LogP) is 3.77. The van der Waals surface area contributed by atoms with Crippen molar-refractivity contribution in [2.75, 3.05) is 0 Å². The van der Waals surface area contributed by atoms with E-state index in [9.17, 15) is 4.79 Å². The maximum absolute atomic E-state index is 12.1. The van der Waals surface area contributed by atoms with Crippen LogP contribution in [-0.4, -0.2) is 5.78 Å². The number of hydrogen-bond acceptors (Lipinski definition) is 1. The van der Waals surface area contributed by atoms with E-state index in [0.29, 0.717) is 18.1 Å². The van der Waals surface area contributed by atoms with E-state index < -0.39 is 0 Å². The van der Waals surface area contributed by atoms with Gasteiger partial charge < -0.3 is 0 Å². The van der Waals surface area contributed by atoms with Crippen LogP contribution in [0.5, 0.6) is 0 Å². The molecule has 0 heterocycles. The van der Waals surface area contributed by atoms with E-state index in [0.717, 1.165) is 18.4 Å². The smallest absolute Gasteiger partial charge is 0.163 e. The van der Waals surface area contributed by atoms with Gasteiger partial charge >= 0.3 is 0 Å². The molecule has 0 N–H and O–H groups in total. The van der Waals surface area contributed by atoms with Gasteiger partial charge in [0.2, 0.25) is 0 Å². The van der Waals surface area contributed by atoms with Crippen molar-refractivity contribution in [3.05, 3.63) is 53.1 Å². The average molecular weight is 224 g/mol. The summed E-state index contributed by atoms with van der Waals surface area (Å²) >= 11 is 0. The second kappa shape index (κ2) is 3.99. The molecule has 2 aliphatic carbocycles. The summed E-state index contributed by atoms with van der Waals surface area (Å²) in [6.45, 7) is 2.20. The molecular weight excluding hydrogens is 208 g/mol. The Bertz CT molecular complexity index is 520. The molecule has 0 bridgehead atoms. The van der Waals surface area contributed by atoms with Crippen molar-refractivity contribution in [1.82, 2.24) is 0 Å². The molecule has 0 radical (unpaired) electrons. The van der Waals surface area contributed by atoms with E-state index >= 15 is 0 Å². The SMILES string of the molecule is CC1C2=CCCCC(=O)C2=C1c1ccccc1. The zero-order chi connectivity index (χ0) is 11.8. The summed E-state index contributed by atoms with van der Waals surface area (Å²) in [5, 5.41) is 0. The highest BCUT2D eigenvalue weighted by atomic mass is 16.1. The van der Waals surface area contributed by atoms with Gasteiger partial charge in [-0.15, -0.1) is 0 Å². The van der Waals surface area contributed by atoms with E-state index in [1.165, 1.54) is 16.7 Å². The number of Topliss-reactive ketones (excluding diaryl/α,β-unsaturated/α-hetero) is 1. The molecule has 0 aliphatic heterocycles. The molecule has 17 heavy (non-hydrogen) atoms. The molecule has 0 fully saturated rings. The molecule has 86 valence electrons. The van der Waals surface area contributed by atoms with E-state index in [4.69, 9.17) is 0 Å². The van der Waals surface area contributed by atoms with Crippen LogP contribution in [0.3, 0.4) is 0 Å². The summed E-state index contributed by atoms with van der Waals surface area (Å²) in [6, 6.07) is 10.3. The second-order valence-corrected chi connectivity index (χ2v) is 4.85. The highest BCUT2D eigenvalue weighted by molar-refractivity contribution is 6.12. The topological polar surface area (TPSA) is 17.1 Å². The number of hydrogen-bond donors (Lipinski definition) is 0. The summed E-state index contributed by atoms with van der Waals surface area (Å²) in [4.78, 5) is 12.1. The van der Waals surface area contributed by atoms with Crippen molar-refractivity contribution in [2.45, 2.75) is 26.2 Å². The lowest BCUT2D eigenvalue weighted by atomic mass is 9.69. The van der Waals surface area contributed by atoms with Gasteiger partial charge in [0.05, 0.1) is 0 Å². The lowest BCUT2D eigenvalue weighted by Gasteiger charge is -2.33. The fourth-order valence-corrected chi connectivity index (χ4v) is 2.91. The van der Waals surface area contributed by atoms with Crippen molar-refractivity contribution in [2.24, 2.45) is 5.92 Å². The average Bonchev–Trinajstić information content (AvgIpc) is 2.51. The third-order valence-electron chi connectivity index (χ3n) is 3.79. The summed E-state index contributed by atoms with van der Waals surface area (Å²) in [5.74, 6) is 0.764. The minimum absolute atomic E-state index is 0.339. The molecule has 0 aromatic heterocycles. The van der Waals surface area contributed by atoms with Crippen molar-refractivity contribution in [3.63, 3.8) is 0 Å². The lowest BCUT2D eigenvalue weighted by molar-refractivity contribution is -0.115. The predicted molar refractivity (Wildman–Crippen MR) is 69.5 cm³/mol. The van der Waals surface area contributed by atoms with Crippen LogP contribution >= 0.6 is 0 Å². The number of ketones is 1. The number of allylic oxidation sites excluding steroid dienone is 4. The van der Waals surface area contributed by atoms with Gasteiger partial charge in [0.25, 0.3) is 0 Å². The van der Waals surface area contributed by atoms with Gasteiger partial charge in [0.1, 0.15) is 0 Å². The van der Waals surface area contributed by atoms with Crippen LogP contribution in [0, 0.1) is 5.92 Å². The van der Waals surface area contributed by atoms with Crippen LogP contribution in [0.25, 0.3) is 5.57 Å². The summed E-state index contributed by atoms with van der Waals surface area (Å²) in [5.41, 5.74) is 4.76. The number of benzene rings is 1. The first kappa shape index (κ1) is 10.5. The van der Waals surface area contributed by atoms with Gasteiger partial charge in [-0.05, 0) is 29.6 Å². The van der Waals surface area contributed by atoms with Crippen molar-refractivity contribution >= 4 is 11.4 Å². The molecule has 3 rings (SSSR count). The number of rotatable bonds is 1. The largest absolute Gasteiger partial charge is 0.294 e. The monoisotopic (exact) mass is 224 g/mol. The first-order valence-electron chi connectivity index (χ1n) is 6.32. The van der Waals surface area contributed by atoms with Crippen molar-refractivity contribution in [3.8, 4) is 0 Å². The standard InChI is InChI=1S/C16H16O/c1-11-13-9-5-6-10-14(17)16(13)15(11)12-7-3-2-4-8-12/h2-4,7-9,11H,5-6,10H2,1H3. The zero-order valence-electron chi connectivity index (χ0n) is 10.1. The number of fused-ring (bicyclic) bond motifs is 1. The molecule has 0 saturated carbocycles. The van der Waals surface area contributed by atoms with Gasteiger partial charge in [-0.2, -0.15) is 0 Å². The first-order valence-corrected chi connectivity index (χ1v) is 6.32. The number of carbonyl (C=O) groups is 1. The Kier molecular flexibility index (Phi) is 2.47. The Morgan fingerprint density at radius 2 is 1.94 bits per heavy atom. The summed E-state index contributed by atoms with van der Waals surface area (Å²) in [6.07, 6.45) is 5.02. The molecule has 0 amide bonds. The van der Waals surface area contributed by atoms with Crippen molar-refractivity contribution < 1.29 is 4.79 Å². The van der Waals surface area contributed by atoms with E-state index in [1.807, 2.05) is 18.2 Å². The maximum Gasteiger partial charge on any atom is 0.163 e. The van der Waals surface area contributed by atoms with Gasteiger partial charge in [0.15, 0.2) is 5.78 Å². The molecule has 0 spiro atoms. The van der Waals surface area contributed by atoms with Gasteiger partial charge in [0, 0.05) is 17.9 Å². The Balaban J connectivity index is 2.13. The lowest BCUT2D eigenvalue weighted by Crippen LogP contribution is -2.23. The van der Waals surface area contributed by atoms with Crippen LogP contribution in [0.2, 0.25) is 0 Å². The molecule has 1 nitrogen and oxygen atoms in total. The quantitative estimate of drug-likeness (QED) is 0.709. The molecule has 1 heteroatoms. The molecule has 1 aromatic rings. The third kappa shape index (κ3) is 1.57. The van der Waals surface area contributed by atoms with Crippen molar-refractivity contribution in [1.29, 1.82) is 0 Å². The Morgan fingerprint density at radius 3 is 2.71 bits per heavy atom. The van der Waals surface area contributed by atoms with E-state index in [-0.39, 0.29) is 0 Å². The molecular formula is C16H16O. The molecule has 0 saturated heterocycles. The van der Waals surface area contributed by atoms with Gasteiger partial charge in [-0.1, -0.05) is 43.3 Å². The highest BCUT2D eigenvalue weighted by Gasteiger charge is 2.36. The van der Waals surface area contributed by atoms with Crippen LogP contribution in [0.15, 0.2) is 47.6 Å². The van der Waals surface area contributed by atoms with Crippen LogP contribution < -0.4 is 0 Å². The molecule has 1 atom stereocenters. The molecule has 2 aliphatic rings. The molecule has 1 unspecified atom stereocenters. The zero-order valence-corrected chi connectivity index (χ0v) is 10.1. The third-order valence-corrected chi connectivity index (χ3v) is 3.79. The second-order valence-electron chi connectivity index (χ2n) is 4.85. The molecule has 1 aromatic carbocycles. The van der Waals surface area contributed by atoms with Crippen LogP contribution in [-0.2, 0) is 4.79 Å². The fourth-order valence-electron chi connectivity index (χ4n) is 2.91. The Labute approximate surface area is 102 Å². The van der Waals surface area contributed by atoms with E-state index in [2.05, 4.69) is 25.1 Å². The summed E-state index contributed by atoms with van der Waals surface area (Å²) in [7, 11) is 0. The Hall–Kier alpha value is -1.63. The number of carbonyl (C=O) groups excluding carboxylic acids is 1. The van der Waals surface area contributed by atoms with Crippen LogP contribution in [0.1, 0.15) is 31.7 Å². The fraction of sp³-hybridized carbons (Fsp3) is 0.312. The van der Waals surface area contributed by atoms with Gasteiger partial charge in [-0.25, -0.2) is 0 Å². The first-order chi connectivity index (χ1) is 8.29. The normalized spacial score (nSPS) is 23.7. The minimum Gasteiger partial charge on any atom is -0.294 e. The van der Waals surface area contributed by atoms with Gasteiger partial charge in [-0.3, -0.25) is 4.79 Å². The maximum atomic E-state index is 12.1. The highest BCUT2D eigenvalue weighted by Crippen LogP contribution is 2.48. The van der Waals surface area contributed by atoms with E-state index in [1.54, 1.807) is 0 Å².